The Morgan fingerprint density at radius 2 is 2.10 bits per heavy atom. The Hall–Kier alpha value is -1.24. The lowest BCUT2D eigenvalue weighted by molar-refractivity contribution is -0.135. The molecule has 116 valence electrons. The van der Waals surface area contributed by atoms with Crippen LogP contribution in [0.2, 0.25) is 0 Å². The molecule has 1 aromatic rings. The highest BCUT2D eigenvalue weighted by Crippen LogP contribution is 2.22. The van der Waals surface area contributed by atoms with Crippen molar-refractivity contribution in [3.05, 3.63) is 11.9 Å². The summed E-state index contributed by atoms with van der Waals surface area (Å²) in [5.74, 6) is 0.626. The molecular weight excluding hydrogens is 271 g/mol. The monoisotopic (exact) mass is 293 g/mol. The molecule has 0 aromatic carbocycles. The van der Waals surface area contributed by atoms with E-state index in [1.54, 1.807) is 10.8 Å². The average molecular weight is 293 g/mol. The van der Waals surface area contributed by atoms with Crippen molar-refractivity contribution in [2.45, 2.75) is 45.8 Å². The van der Waals surface area contributed by atoms with Crippen LogP contribution in [-0.2, 0) is 11.3 Å². The van der Waals surface area contributed by atoms with Gasteiger partial charge in [0, 0.05) is 38.9 Å². The van der Waals surface area contributed by atoms with Crippen LogP contribution in [0.4, 0.5) is 19.1 Å². The van der Waals surface area contributed by atoms with Crippen molar-refractivity contribution in [3.63, 3.8) is 0 Å². The van der Waals surface area contributed by atoms with Crippen LogP contribution in [0.25, 0.3) is 0 Å². The molecule has 0 unspecified atom stereocenters. The van der Waals surface area contributed by atoms with Gasteiger partial charge < -0.3 is 14.6 Å². The van der Waals surface area contributed by atoms with Gasteiger partial charge in [-0.1, -0.05) is 0 Å². The Balaban J connectivity index is 2.38. The fourth-order valence-electron chi connectivity index (χ4n) is 1.83. The van der Waals surface area contributed by atoms with Gasteiger partial charge in [0.05, 0.1) is 5.69 Å². The molecular formula is C13H22F3N3O. The third-order valence-corrected chi connectivity index (χ3v) is 2.71. The third-order valence-electron chi connectivity index (χ3n) is 2.71. The summed E-state index contributed by atoms with van der Waals surface area (Å²) in [5.41, 5.74) is 0.796. The highest BCUT2D eigenvalue weighted by molar-refractivity contribution is 5.28. The minimum Gasteiger partial charge on any atom is -0.382 e. The summed E-state index contributed by atoms with van der Waals surface area (Å²) in [7, 11) is 0. The molecule has 0 amide bonds. The number of alkyl halides is 3. The van der Waals surface area contributed by atoms with Crippen LogP contribution in [-0.4, -0.2) is 35.5 Å². The summed E-state index contributed by atoms with van der Waals surface area (Å²) in [4.78, 5) is 4.27. The smallest absolute Gasteiger partial charge is 0.382 e. The summed E-state index contributed by atoms with van der Waals surface area (Å²) in [6, 6.07) is 0. The number of ether oxygens (including phenoxy) is 1. The lowest BCUT2D eigenvalue weighted by atomic mass is 10.3. The van der Waals surface area contributed by atoms with Gasteiger partial charge in [-0.2, -0.15) is 13.2 Å². The molecule has 1 rings (SSSR count). The predicted octanol–water partition coefficient (Wildman–Crippen LogP) is 3.37. The Bertz CT molecular complexity index is 391. The van der Waals surface area contributed by atoms with E-state index < -0.39 is 12.6 Å². The van der Waals surface area contributed by atoms with Gasteiger partial charge in [-0.3, -0.25) is 0 Å². The second-order valence-electron chi connectivity index (χ2n) is 4.60. The molecule has 0 atom stereocenters. The minimum atomic E-state index is -4.10. The fraction of sp³-hybridized carbons (Fsp3) is 0.769. The van der Waals surface area contributed by atoms with Crippen LogP contribution in [0.3, 0.4) is 0 Å². The molecule has 0 radical (unpaired) electrons. The lowest BCUT2D eigenvalue weighted by Gasteiger charge is -2.10. The topological polar surface area (TPSA) is 39.1 Å². The quantitative estimate of drug-likeness (QED) is 0.709. The van der Waals surface area contributed by atoms with Crippen molar-refractivity contribution in [1.82, 2.24) is 9.55 Å². The highest BCUT2D eigenvalue weighted by Gasteiger charge is 2.26. The van der Waals surface area contributed by atoms with Gasteiger partial charge in [0.1, 0.15) is 0 Å². The summed E-state index contributed by atoms with van der Waals surface area (Å²) < 4.78 is 43.3. The zero-order valence-corrected chi connectivity index (χ0v) is 12.0. The molecule has 4 nitrogen and oxygen atoms in total. The standard InChI is InChI=1S/C13H22F3N3O/c1-3-20-9-5-7-17-12-18-11(2)10-19(12)8-4-6-13(14,15)16/h10H,3-9H2,1-2H3,(H,17,18). The normalized spacial score (nSPS) is 11.8. The Labute approximate surface area is 117 Å². The van der Waals surface area contributed by atoms with Crippen LogP contribution in [0, 0.1) is 6.92 Å². The molecule has 7 heteroatoms. The van der Waals surface area contributed by atoms with Gasteiger partial charge >= 0.3 is 6.18 Å². The van der Waals surface area contributed by atoms with Crippen LogP contribution in [0.15, 0.2) is 6.20 Å². The van der Waals surface area contributed by atoms with Crippen molar-refractivity contribution < 1.29 is 17.9 Å². The first-order valence-electron chi connectivity index (χ1n) is 6.84. The number of nitrogens with one attached hydrogen (secondary N) is 1. The van der Waals surface area contributed by atoms with Gasteiger partial charge in [-0.25, -0.2) is 4.98 Å². The van der Waals surface area contributed by atoms with Crippen molar-refractivity contribution in [2.75, 3.05) is 25.1 Å². The largest absolute Gasteiger partial charge is 0.389 e. The van der Waals surface area contributed by atoms with Crippen LogP contribution in [0.5, 0.6) is 0 Å². The number of hydrogen-bond donors (Lipinski definition) is 1. The second-order valence-corrected chi connectivity index (χ2v) is 4.60. The molecule has 0 saturated carbocycles. The molecule has 0 saturated heterocycles. The van der Waals surface area contributed by atoms with E-state index in [0.717, 1.165) is 12.1 Å². The number of hydrogen-bond acceptors (Lipinski definition) is 3. The maximum absolute atomic E-state index is 12.1. The summed E-state index contributed by atoms with van der Waals surface area (Å²) in [6.45, 7) is 6.11. The fourth-order valence-corrected chi connectivity index (χ4v) is 1.83. The van der Waals surface area contributed by atoms with Gasteiger partial charge in [-0.05, 0) is 26.7 Å². The van der Waals surface area contributed by atoms with Gasteiger partial charge in [0.25, 0.3) is 0 Å². The van der Waals surface area contributed by atoms with Gasteiger partial charge in [0.15, 0.2) is 0 Å². The number of rotatable bonds is 9. The van der Waals surface area contributed by atoms with E-state index in [2.05, 4.69) is 10.3 Å². The summed E-state index contributed by atoms with van der Waals surface area (Å²) >= 11 is 0. The SMILES string of the molecule is CCOCCCNc1nc(C)cn1CCCC(F)(F)F. The van der Waals surface area contributed by atoms with E-state index in [-0.39, 0.29) is 6.42 Å². The number of aryl methyl sites for hydroxylation is 2. The van der Waals surface area contributed by atoms with Crippen LogP contribution < -0.4 is 5.32 Å². The molecule has 0 aliphatic rings. The molecule has 0 aliphatic carbocycles. The van der Waals surface area contributed by atoms with Crippen molar-refractivity contribution in [2.24, 2.45) is 0 Å². The second kappa shape index (κ2) is 8.14. The Morgan fingerprint density at radius 1 is 1.35 bits per heavy atom. The van der Waals surface area contributed by atoms with Crippen molar-refractivity contribution in [1.29, 1.82) is 0 Å². The zero-order valence-electron chi connectivity index (χ0n) is 12.0. The van der Waals surface area contributed by atoms with Gasteiger partial charge in [-0.15, -0.1) is 0 Å². The minimum absolute atomic E-state index is 0.0624. The maximum Gasteiger partial charge on any atom is 0.389 e. The maximum atomic E-state index is 12.1. The predicted molar refractivity (Wildman–Crippen MR) is 71.9 cm³/mol. The zero-order chi connectivity index (χ0) is 15.0. The van der Waals surface area contributed by atoms with Gasteiger partial charge in [0.2, 0.25) is 5.95 Å². The lowest BCUT2D eigenvalue weighted by Crippen LogP contribution is -2.12. The van der Waals surface area contributed by atoms with E-state index >= 15 is 0 Å². The van der Waals surface area contributed by atoms with Crippen molar-refractivity contribution in [3.8, 4) is 0 Å². The Morgan fingerprint density at radius 3 is 2.75 bits per heavy atom. The first-order valence-corrected chi connectivity index (χ1v) is 6.84. The average Bonchev–Trinajstić information content (AvgIpc) is 2.68. The Kier molecular flexibility index (Phi) is 6.84. The third kappa shape index (κ3) is 6.79. The number of anilines is 1. The van der Waals surface area contributed by atoms with Crippen LogP contribution in [0.1, 0.15) is 31.9 Å². The highest BCUT2D eigenvalue weighted by atomic mass is 19.4. The molecule has 0 bridgehead atoms. The molecule has 20 heavy (non-hydrogen) atoms. The van der Waals surface area contributed by atoms with E-state index in [9.17, 15) is 13.2 Å². The number of aromatic nitrogens is 2. The molecule has 1 N–H and O–H groups in total. The number of nitrogens with zero attached hydrogens (tertiary/aromatic N) is 2. The molecule has 0 spiro atoms. The number of halogens is 3. The molecule has 0 fully saturated rings. The molecule has 1 aromatic heterocycles. The first-order chi connectivity index (χ1) is 9.42. The summed E-state index contributed by atoms with van der Waals surface area (Å²) in [6.07, 6.45) is -2.20. The summed E-state index contributed by atoms with van der Waals surface area (Å²) in [5, 5.41) is 3.13. The first kappa shape index (κ1) is 16.8. The van der Waals surface area contributed by atoms with E-state index in [4.69, 9.17) is 4.74 Å². The van der Waals surface area contributed by atoms with E-state index in [1.807, 2.05) is 13.8 Å². The van der Waals surface area contributed by atoms with E-state index in [1.165, 1.54) is 0 Å². The number of imidazole rings is 1. The molecule has 0 aliphatic heterocycles. The van der Waals surface area contributed by atoms with E-state index in [0.29, 0.717) is 32.3 Å². The van der Waals surface area contributed by atoms with Crippen molar-refractivity contribution >= 4 is 5.95 Å². The molecule has 1 heterocycles. The van der Waals surface area contributed by atoms with Crippen LogP contribution >= 0.6 is 0 Å².